The van der Waals surface area contributed by atoms with Gasteiger partial charge in [-0.1, -0.05) is 52.6 Å². The third-order valence-electron chi connectivity index (χ3n) is 5.07. The van der Waals surface area contributed by atoms with E-state index in [9.17, 15) is 31.2 Å². The minimum atomic E-state index is -5.29. The molecule has 0 aromatic heterocycles. The summed E-state index contributed by atoms with van der Waals surface area (Å²) in [6.45, 7) is 0. The molecule has 0 aliphatic carbocycles. The van der Waals surface area contributed by atoms with Crippen molar-refractivity contribution < 1.29 is 45.2 Å². The Morgan fingerprint density at radius 2 is 1.54 bits per heavy atom. The number of carbonyl (C=O) groups is 2. The van der Waals surface area contributed by atoms with Gasteiger partial charge >= 0.3 is 18.1 Å². The lowest BCUT2D eigenvalue weighted by Crippen LogP contribution is -2.39. The summed E-state index contributed by atoms with van der Waals surface area (Å²) in [4.78, 5) is 25.7. The van der Waals surface area contributed by atoms with Crippen molar-refractivity contribution in [2.45, 2.75) is 31.2 Å². The molecule has 0 saturated carbocycles. The Morgan fingerprint density at radius 3 is 2.00 bits per heavy atom. The number of halogens is 4. The van der Waals surface area contributed by atoms with Crippen LogP contribution in [0.15, 0.2) is 34.8 Å². The quantitative estimate of drug-likeness (QED) is 0.206. The lowest BCUT2D eigenvalue weighted by Gasteiger charge is -2.20. The predicted octanol–water partition coefficient (Wildman–Crippen LogP) is 1.04. The summed E-state index contributed by atoms with van der Waals surface area (Å²) in [5, 5.41) is 0. The molecule has 186 valence electrons. The number of esters is 2. The standard InChI is InChI=1S/C20H21B3BrF3O7S/c21-6-10-3-11(7-22)17(12(4-10)8-23)34-18(28)14-2-1-13(24)5-15(14)19(29)33-16(20(25,26)27)9-35(30,31)32/h1-5,16H,6-9,21-23H2,(H,30,31,32). The minimum absolute atomic E-state index is 0.245. The highest BCUT2D eigenvalue weighted by atomic mass is 79.9. The number of ether oxygens (including phenoxy) is 2. The van der Waals surface area contributed by atoms with E-state index < -0.39 is 45.7 Å². The third kappa shape index (κ3) is 7.87. The van der Waals surface area contributed by atoms with Crippen molar-refractivity contribution in [2.75, 3.05) is 5.75 Å². The largest absolute Gasteiger partial charge is 0.448 e. The van der Waals surface area contributed by atoms with Crippen molar-refractivity contribution >= 4 is 61.5 Å². The molecule has 0 radical (unpaired) electrons. The molecule has 0 fully saturated rings. The average molecular weight is 575 g/mol. The summed E-state index contributed by atoms with van der Waals surface area (Å²) in [6, 6.07) is 7.39. The van der Waals surface area contributed by atoms with Crippen LogP contribution >= 0.6 is 15.9 Å². The van der Waals surface area contributed by atoms with Crippen molar-refractivity contribution in [3.63, 3.8) is 0 Å². The molecule has 15 heteroatoms. The normalized spacial score (nSPS) is 12.7. The van der Waals surface area contributed by atoms with Gasteiger partial charge in [-0.2, -0.15) is 21.6 Å². The highest BCUT2D eigenvalue weighted by molar-refractivity contribution is 9.10. The van der Waals surface area contributed by atoms with Gasteiger partial charge in [-0.3, -0.25) is 4.55 Å². The first kappa shape index (κ1) is 29.0. The van der Waals surface area contributed by atoms with Crippen LogP contribution in [0, 0.1) is 0 Å². The molecule has 0 aliphatic heterocycles. The number of rotatable bonds is 9. The molecular formula is C20H21B3BrF3O7S. The van der Waals surface area contributed by atoms with E-state index in [1.54, 1.807) is 0 Å². The number of carbonyl (C=O) groups excluding carboxylic acids is 2. The molecule has 0 amide bonds. The van der Waals surface area contributed by atoms with Crippen molar-refractivity contribution in [3.05, 3.63) is 62.6 Å². The van der Waals surface area contributed by atoms with Crippen molar-refractivity contribution in [1.82, 2.24) is 0 Å². The first-order valence-corrected chi connectivity index (χ1v) is 13.0. The van der Waals surface area contributed by atoms with Crippen LogP contribution in [0.2, 0.25) is 0 Å². The summed E-state index contributed by atoms with van der Waals surface area (Å²) in [5.74, 6) is -4.20. The van der Waals surface area contributed by atoms with Crippen LogP contribution in [0.4, 0.5) is 13.2 Å². The second-order valence-electron chi connectivity index (χ2n) is 7.57. The fraction of sp³-hybridized carbons (Fsp3) is 0.300. The summed E-state index contributed by atoms with van der Waals surface area (Å²) in [5.41, 5.74) is 1.59. The lowest BCUT2D eigenvalue weighted by atomic mass is 9.85. The molecular weight excluding hydrogens is 554 g/mol. The zero-order chi connectivity index (χ0) is 26.6. The van der Waals surface area contributed by atoms with Gasteiger partial charge in [0, 0.05) is 4.47 Å². The maximum Gasteiger partial charge on any atom is 0.426 e. The molecule has 2 rings (SSSR count). The summed E-state index contributed by atoms with van der Waals surface area (Å²) in [7, 11) is 0.604. The molecule has 0 heterocycles. The highest BCUT2D eigenvalue weighted by Crippen LogP contribution is 2.30. The number of hydrogen-bond acceptors (Lipinski definition) is 6. The third-order valence-corrected chi connectivity index (χ3v) is 6.28. The smallest absolute Gasteiger partial charge is 0.426 e. The Morgan fingerprint density at radius 1 is 0.971 bits per heavy atom. The van der Waals surface area contributed by atoms with E-state index in [2.05, 4.69) is 20.7 Å². The van der Waals surface area contributed by atoms with Crippen molar-refractivity contribution in [3.8, 4) is 5.75 Å². The first-order chi connectivity index (χ1) is 16.2. The van der Waals surface area contributed by atoms with E-state index >= 15 is 0 Å². The Hall–Kier alpha value is -2.25. The molecule has 2 aromatic rings. The van der Waals surface area contributed by atoms with Gasteiger partial charge in [-0.15, -0.1) is 0 Å². The number of alkyl halides is 3. The van der Waals surface area contributed by atoms with E-state index in [1.807, 2.05) is 35.7 Å². The molecule has 0 saturated heterocycles. The second-order valence-corrected chi connectivity index (χ2v) is 9.98. The zero-order valence-corrected chi connectivity index (χ0v) is 21.5. The molecule has 0 aliphatic rings. The van der Waals surface area contributed by atoms with Gasteiger partial charge in [0.25, 0.3) is 10.1 Å². The van der Waals surface area contributed by atoms with Crippen molar-refractivity contribution in [1.29, 1.82) is 0 Å². The van der Waals surface area contributed by atoms with Crippen molar-refractivity contribution in [2.24, 2.45) is 0 Å². The lowest BCUT2D eigenvalue weighted by molar-refractivity contribution is -0.197. The van der Waals surface area contributed by atoms with Crippen LogP contribution in [0.3, 0.4) is 0 Å². The molecule has 7 nitrogen and oxygen atoms in total. The van der Waals surface area contributed by atoms with Crippen LogP contribution in [-0.2, 0) is 33.8 Å². The van der Waals surface area contributed by atoms with E-state index in [-0.39, 0.29) is 10.0 Å². The van der Waals surface area contributed by atoms with Gasteiger partial charge in [0.05, 0.1) is 11.1 Å². The van der Waals surface area contributed by atoms with Gasteiger partial charge in [-0.05, 0) is 29.3 Å². The van der Waals surface area contributed by atoms with Gasteiger partial charge in [-0.25, -0.2) is 9.59 Å². The van der Waals surface area contributed by atoms with Gasteiger partial charge in [0.15, 0.2) is 0 Å². The first-order valence-electron chi connectivity index (χ1n) is 10.6. The minimum Gasteiger partial charge on any atom is -0.448 e. The summed E-state index contributed by atoms with van der Waals surface area (Å²) >= 11 is 3.08. The van der Waals surface area contributed by atoms with Crippen LogP contribution in [-0.4, -0.2) is 66.5 Å². The SMILES string of the molecule is BCc1cc(CB)c(OC(=O)c2ccc(Br)cc2C(=O)OC(CS(=O)(=O)O)C(F)(F)F)c(CB)c1. The monoisotopic (exact) mass is 574 g/mol. The number of hydrogen-bond donors (Lipinski definition) is 1. The molecule has 1 atom stereocenters. The van der Waals surface area contributed by atoms with Crippen LogP contribution in [0.25, 0.3) is 0 Å². The Kier molecular flexibility index (Phi) is 9.66. The highest BCUT2D eigenvalue weighted by Gasteiger charge is 2.46. The van der Waals surface area contributed by atoms with E-state index in [4.69, 9.17) is 9.29 Å². The van der Waals surface area contributed by atoms with Crippen LogP contribution in [0.1, 0.15) is 37.4 Å². The molecule has 0 bridgehead atoms. The topological polar surface area (TPSA) is 107 Å². The Labute approximate surface area is 211 Å². The van der Waals surface area contributed by atoms with Gasteiger partial charge in [0.1, 0.15) is 35.0 Å². The van der Waals surface area contributed by atoms with E-state index in [0.29, 0.717) is 18.4 Å². The second kappa shape index (κ2) is 11.7. The molecule has 0 spiro atoms. The van der Waals surface area contributed by atoms with E-state index in [1.165, 1.54) is 12.1 Å². The fourth-order valence-electron chi connectivity index (χ4n) is 3.28. The fourth-order valence-corrected chi connectivity index (χ4v) is 4.28. The average Bonchev–Trinajstić information content (AvgIpc) is 2.76. The maximum absolute atomic E-state index is 13.2. The van der Waals surface area contributed by atoms with Gasteiger partial charge < -0.3 is 9.47 Å². The molecule has 1 N–H and O–H groups in total. The molecule has 2 aromatic carbocycles. The van der Waals surface area contributed by atoms with Gasteiger partial charge in [0.2, 0.25) is 6.10 Å². The molecule has 1 unspecified atom stereocenters. The Bertz CT molecular complexity index is 1200. The predicted molar refractivity (Wildman–Crippen MR) is 134 cm³/mol. The van der Waals surface area contributed by atoms with Crippen LogP contribution in [0.5, 0.6) is 5.75 Å². The zero-order valence-electron chi connectivity index (χ0n) is 19.1. The van der Waals surface area contributed by atoms with E-state index in [0.717, 1.165) is 29.1 Å². The summed E-state index contributed by atoms with van der Waals surface area (Å²) in [6.07, 6.45) is -6.58. The summed E-state index contributed by atoms with van der Waals surface area (Å²) < 4.78 is 80.7. The maximum atomic E-state index is 13.2. The number of benzene rings is 2. The molecule has 35 heavy (non-hydrogen) atoms. The van der Waals surface area contributed by atoms with Crippen LogP contribution < -0.4 is 4.74 Å². The Balaban J connectivity index is 2.46.